The van der Waals surface area contributed by atoms with Gasteiger partial charge in [-0.25, -0.2) is 0 Å². The summed E-state index contributed by atoms with van der Waals surface area (Å²) in [5.74, 6) is 2.62. The highest BCUT2D eigenvalue weighted by Crippen LogP contribution is 2.25. The summed E-state index contributed by atoms with van der Waals surface area (Å²) in [5.41, 5.74) is 4.33. The summed E-state index contributed by atoms with van der Waals surface area (Å²) in [6, 6.07) is 8.88. The average molecular weight is 285 g/mol. The number of carbonyl (C=O) groups is 1. The van der Waals surface area contributed by atoms with Crippen LogP contribution in [0, 0.1) is 0 Å². The smallest absolute Gasteiger partial charge is 0.254 e. The molecule has 0 radical (unpaired) electrons. The van der Waals surface area contributed by atoms with E-state index in [1.54, 1.807) is 36.0 Å². The lowest BCUT2D eigenvalue weighted by atomic mass is 9.95. The summed E-state index contributed by atoms with van der Waals surface area (Å²) in [4.78, 5) is 11.5. The van der Waals surface area contributed by atoms with Gasteiger partial charge in [0.25, 0.3) is 5.91 Å². The standard InChI is InChI=1S/C13H19NO2S2/c1-2-17-8-9-18-10-13(16,12(14)15)11-6-4-3-5-7-11/h3-7,16H,2,8-10H2,1H3,(H2,14,15). The molecule has 3 nitrogen and oxygen atoms in total. The summed E-state index contributed by atoms with van der Waals surface area (Å²) >= 11 is 3.40. The lowest BCUT2D eigenvalue weighted by Crippen LogP contribution is -2.43. The number of thioether (sulfide) groups is 2. The fourth-order valence-corrected chi connectivity index (χ4v) is 3.47. The maximum atomic E-state index is 11.5. The molecule has 18 heavy (non-hydrogen) atoms. The quantitative estimate of drug-likeness (QED) is 0.716. The van der Waals surface area contributed by atoms with Gasteiger partial charge in [-0.15, -0.1) is 0 Å². The summed E-state index contributed by atoms with van der Waals surface area (Å²) < 4.78 is 0. The summed E-state index contributed by atoms with van der Waals surface area (Å²) in [5, 5.41) is 10.4. The van der Waals surface area contributed by atoms with Gasteiger partial charge in [0.15, 0.2) is 5.60 Å². The Balaban J connectivity index is 2.62. The van der Waals surface area contributed by atoms with E-state index in [0.29, 0.717) is 11.3 Å². The molecule has 0 aliphatic rings. The molecule has 0 saturated heterocycles. The Hall–Kier alpha value is -0.650. The van der Waals surface area contributed by atoms with Crippen LogP contribution < -0.4 is 5.73 Å². The molecule has 0 aromatic heterocycles. The predicted molar refractivity (Wildman–Crippen MR) is 79.9 cm³/mol. The molecule has 0 aliphatic heterocycles. The average Bonchev–Trinajstić information content (AvgIpc) is 2.39. The molecule has 1 aromatic carbocycles. The third kappa shape index (κ3) is 4.23. The molecule has 0 bridgehead atoms. The fourth-order valence-electron chi connectivity index (χ4n) is 1.49. The van der Waals surface area contributed by atoms with Gasteiger partial charge in [-0.1, -0.05) is 37.3 Å². The van der Waals surface area contributed by atoms with Crippen molar-refractivity contribution in [2.24, 2.45) is 5.73 Å². The highest BCUT2D eigenvalue weighted by atomic mass is 32.2. The maximum absolute atomic E-state index is 11.5. The Bertz CT molecular complexity index is 373. The lowest BCUT2D eigenvalue weighted by molar-refractivity contribution is -0.134. The molecule has 0 saturated carbocycles. The van der Waals surface area contributed by atoms with Crippen LogP contribution in [0.5, 0.6) is 0 Å². The highest BCUT2D eigenvalue weighted by Gasteiger charge is 2.35. The zero-order valence-corrected chi connectivity index (χ0v) is 12.1. The Morgan fingerprint density at radius 2 is 1.89 bits per heavy atom. The first kappa shape index (κ1) is 15.4. The molecule has 3 N–H and O–H groups in total. The minimum Gasteiger partial charge on any atom is -0.375 e. The van der Waals surface area contributed by atoms with Gasteiger partial charge in [-0.3, -0.25) is 4.79 Å². The molecule has 0 fully saturated rings. The number of hydrogen-bond donors (Lipinski definition) is 2. The van der Waals surface area contributed by atoms with Crippen LogP contribution in [0.4, 0.5) is 0 Å². The Labute approximate surface area is 117 Å². The minimum atomic E-state index is -1.57. The molecule has 100 valence electrons. The van der Waals surface area contributed by atoms with Crippen LogP contribution in [0.1, 0.15) is 12.5 Å². The van der Waals surface area contributed by atoms with Crippen LogP contribution in [0.25, 0.3) is 0 Å². The minimum absolute atomic E-state index is 0.302. The highest BCUT2D eigenvalue weighted by molar-refractivity contribution is 8.02. The number of benzene rings is 1. The van der Waals surface area contributed by atoms with Crippen molar-refractivity contribution in [3.05, 3.63) is 35.9 Å². The lowest BCUT2D eigenvalue weighted by Gasteiger charge is -2.24. The second-order valence-corrected chi connectivity index (χ2v) is 6.34. The Kier molecular flexibility index (Phi) is 6.60. The molecule has 1 aromatic rings. The number of carbonyl (C=O) groups excluding carboxylic acids is 1. The second-order valence-electron chi connectivity index (χ2n) is 3.84. The first-order valence-electron chi connectivity index (χ1n) is 5.84. The van der Waals surface area contributed by atoms with Gasteiger partial charge in [0, 0.05) is 17.3 Å². The number of amides is 1. The SMILES string of the molecule is CCSCCSCC(O)(C(N)=O)c1ccccc1. The van der Waals surface area contributed by atoms with Crippen LogP contribution in [0.15, 0.2) is 30.3 Å². The first-order valence-corrected chi connectivity index (χ1v) is 8.15. The number of primary amides is 1. The fraction of sp³-hybridized carbons (Fsp3) is 0.462. The molecule has 0 spiro atoms. The van der Waals surface area contributed by atoms with Gasteiger partial charge >= 0.3 is 0 Å². The summed E-state index contributed by atoms with van der Waals surface area (Å²) in [6.45, 7) is 2.11. The van der Waals surface area contributed by atoms with Gasteiger partial charge in [0.1, 0.15) is 0 Å². The van der Waals surface area contributed by atoms with Gasteiger partial charge in [0.2, 0.25) is 0 Å². The zero-order chi connectivity index (χ0) is 13.4. The summed E-state index contributed by atoms with van der Waals surface area (Å²) in [7, 11) is 0. The van der Waals surface area contributed by atoms with Crippen LogP contribution >= 0.6 is 23.5 Å². The molecule has 1 rings (SSSR count). The van der Waals surface area contributed by atoms with E-state index in [4.69, 9.17) is 5.73 Å². The Morgan fingerprint density at radius 3 is 2.44 bits per heavy atom. The molecule has 0 aliphatic carbocycles. The first-order chi connectivity index (χ1) is 8.61. The van der Waals surface area contributed by atoms with Crippen molar-refractivity contribution in [2.45, 2.75) is 12.5 Å². The molecule has 5 heteroatoms. The monoisotopic (exact) mass is 285 g/mol. The maximum Gasteiger partial charge on any atom is 0.254 e. The molecule has 1 unspecified atom stereocenters. The van der Waals surface area contributed by atoms with Crippen LogP contribution in [-0.4, -0.2) is 34.0 Å². The largest absolute Gasteiger partial charge is 0.375 e. The molecule has 0 heterocycles. The topological polar surface area (TPSA) is 63.3 Å². The molecule has 1 atom stereocenters. The number of nitrogens with two attached hydrogens (primary N) is 1. The summed E-state index contributed by atoms with van der Waals surface area (Å²) in [6.07, 6.45) is 0. The van der Waals surface area contributed by atoms with E-state index in [-0.39, 0.29) is 0 Å². The van der Waals surface area contributed by atoms with Crippen LogP contribution in [-0.2, 0) is 10.4 Å². The van der Waals surface area contributed by atoms with E-state index in [2.05, 4.69) is 6.92 Å². The van der Waals surface area contributed by atoms with Gasteiger partial charge in [-0.05, 0) is 11.3 Å². The van der Waals surface area contributed by atoms with Crippen LogP contribution in [0.3, 0.4) is 0 Å². The van der Waals surface area contributed by atoms with Crippen molar-refractivity contribution >= 4 is 29.4 Å². The van der Waals surface area contributed by atoms with Gasteiger partial charge in [0.05, 0.1) is 0 Å². The second kappa shape index (κ2) is 7.71. The Morgan fingerprint density at radius 1 is 1.28 bits per heavy atom. The van der Waals surface area contributed by atoms with E-state index in [1.807, 2.05) is 17.8 Å². The normalized spacial score (nSPS) is 14.1. The van der Waals surface area contributed by atoms with E-state index in [1.165, 1.54) is 0 Å². The van der Waals surface area contributed by atoms with Crippen molar-refractivity contribution in [3.8, 4) is 0 Å². The van der Waals surface area contributed by atoms with Crippen molar-refractivity contribution in [2.75, 3.05) is 23.0 Å². The van der Waals surface area contributed by atoms with E-state index in [9.17, 15) is 9.90 Å². The predicted octanol–water partition coefficient (Wildman–Crippen LogP) is 1.85. The number of aliphatic hydroxyl groups is 1. The van der Waals surface area contributed by atoms with Crippen molar-refractivity contribution < 1.29 is 9.90 Å². The third-order valence-electron chi connectivity index (χ3n) is 2.55. The molecular weight excluding hydrogens is 266 g/mol. The van der Waals surface area contributed by atoms with E-state index in [0.717, 1.165) is 17.3 Å². The number of hydrogen-bond acceptors (Lipinski definition) is 4. The molecular formula is C13H19NO2S2. The van der Waals surface area contributed by atoms with Crippen molar-refractivity contribution in [3.63, 3.8) is 0 Å². The van der Waals surface area contributed by atoms with Crippen molar-refractivity contribution in [1.82, 2.24) is 0 Å². The van der Waals surface area contributed by atoms with Gasteiger partial charge < -0.3 is 10.8 Å². The third-order valence-corrected chi connectivity index (χ3v) is 4.82. The van der Waals surface area contributed by atoms with E-state index >= 15 is 0 Å². The number of rotatable bonds is 8. The van der Waals surface area contributed by atoms with Crippen LogP contribution in [0.2, 0.25) is 0 Å². The van der Waals surface area contributed by atoms with Crippen molar-refractivity contribution in [1.29, 1.82) is 0 Å². The van der Waals surface area contributed by atoms with E-state index < -0.39 is 11.5 Å². The zero-order valence-electron chi connectivity index (χ0n) is 10.5. The molecule has 1 amide bonds. The van der Waals surface area contributed by atoms with Gasteiger partial charge in [-0.2, -0.15) is 23.5 Å².